The number of carbonyl (C=O) groups excluding carboxylic acids is 1. The topological polar surface area (TPSA) is 40.5 Å². The van der Waals surface area contributed by atoms with Gasteiger partial charge in [0.15, 0.2) is 0 Å². The zero-order valence-electron chi connectivity index (χ0n) is 10.1. The molecule has 1 aromatic carbocycles. The van der Waals surface area contributed by atoms with Gasteiger partial charge >= 0.3 is 0 Å². The van der Waals surface area contributed by atoms with Crippen LogP contribution in [-0.4, -0.2) is 34.4 Å². The van der Waals surface area contributed by atoms with Crippen LogP contribution >= 0.6 is 34.2 Å². The number of amides is 1. The zero-order chi connectivity index (χ0) is 13.3. The highest BCUT2D eigenvalue weighted by Gasteiger charge is 2.28. The van der Waals surface area contributed by atoms with Crippen molar-refractivity contribution in [2.45, 2.75) is 18.7 Å². The van der Waals surface area contributed by atoms with E-state index in [-0.39, 0.29) is 23.0 Å². The van der Waals surface area contributed by atoms with E-state index in [1.807, 2.05) is 6.92 Å². The minimum absolute atomic E-state index is 0.0427. The molecule has 5 heteroatoms. The fourth-order valence-corrected chi connectivity index (χ4v) is 2.82. The van der Waals surface area contributed by atoms with Crippen LogP contribution in [0.5, 0.6) is 5.75 Å². The maximum Gasteiger partial charge on any atom is 0.257 e. The van der Waals surface area contributed by atoms with Gasteiger partial charge in [-0.05, 0) is 53.1 Å². The van der Waals surface area contributed by atoms with Crippen molar-refractivity contribution < 1.29 is 9.90 Å². The Morgan fingerprint density at radius 1 is 1.56 bits per heavy atom. The predicted molar refractivity (Wildman–Crippen MR) is 80.1 cm³/mol. The van der Waals surface area contributed by atoms with Crippen molar-refractivity contribution in [2.75, 3.05) is 13.1 Å². The third-order valence-corrected chi connectivity index (χ3v) is 4.60. The van der Waals surface area contributed by atoms with Gasteiger partial charge in [-0.2, -0.15) is 0 Å². The maximum atomic E-state index is 12.3. The number of piperidine rings is 1. The largest absolute Gasteiger partial charge is 0.507 e. The van der Waals surface area contributed by atoms with Gasteiger partial charge in [-0.3, -0.25) is 4.79 Å². The first-order valence-corrected chi connectivity index (χ1v) is 7.42. The molecule has 1 aliphatic heterocycles. The summed E-state index contributed by atoms with van der Waals surface area (Å²) < 4.78 is 0.939. The van der Waals surface area contributed by atoms with Gasteiger partial charge in [0.1, 0.15) is 5.75 Å². The van der Waals surface area contributed by atoms with E-state index >= 15 is 0 Å². The highest BCUT2D eigenvalue weighted by Crippen LogP contribution is 2.26. The quantitative estimate of drug-likeness (QED) is 0.602. The predicted octanol–water partition coefficient (Wildman–Crippen LogP) is 3.09. The number of hydrogen-bond acceptors (Lipinski definition) is 2. The summed E-state index contributed by atoms with van der Waals surface area (Å²) >= 11 is 8.28. The summed E-state index contributed by atoms with van der Waals surface area (Å²) in [4.78, 5) is 14.1. The Labute approximate surface area is 125 Å². The number of phenols is 1. The van der Waals surface area contributed by atoms with Gasteiger partial charge in [0.05, 0.1) is 5.56 Å². The number of aromatic hydroxyl groups is 1. The number of alkyl halides is 1. The number of hydrogen-bond donors (Lipinski definition) is 1. The van der Waals surface area contributed by atoms with Crippen LogP contribution in [0.4, 0.5) is 0 Å². The lowest BCUT2D eigenvalue weighted by Gasteiger charge is -2.34. The molecule has 2 atom stereocenters. The van der Waals surface area contributed by atoms with Gasteiger partial charge in [0.2, 0.25) is 0 Å². The Bertz CT molecular complexity index is 466. The van der Waals surface area contributed by atoms with Crippen molar-refractivity contribution in [2.24, 2.45) is 5.92 Å². The standard InChI is InChI=1S/C13H15ClINO2/c1-8-7-16(5-4-11(8)14)13(18)10-6-9(15)2-3-12(10)17/h2-3,6,8,11,17H,4-5,7H2,1H3. The summed E-state index contributed by atoms with van der Waals surface area (Å²) in [6, 6.07) is 5.06. The van der Waals surface area contributed by atoms with E-state index < -0.39 is 0 Å². The molecule has 1 aliphatic rings. The van der Waals surface area contributed by atoms with E-state index in [9.17, 15) is 9.90 Å². The van der Waals surface area contributed by atoms with Crippen LogP contribution in [0.25, 0.3) is 0 Å². The molecule has 98 valence electrons. The maximum absolute atomic E-state index is 12.3. The van der Waals surface area contributed by atoms with Crippen molar-refractivity contribution >= 4 is 40.1 Å². The van der Waals surface area contributed by atoms with Crippen molar-refractivity contribution in [1.82, 2.24) is 4.90 Å². The molecule has 0 spiro atoms. The number of rotatable bonds is 1. The van der Waals surface area contributed by atoms with Crippen molar-refractivity contribution in [3.63, 3.8) is 0 Å². The van der Waals surface area contributed by atoms with Crippen LogP contribution in [0.2, 0.25) is 0 Å². The number of carbonyl (C=O) groups is 1. The molecule has 1 heterocycles. The fraction of sp³-hybridized carbons (Fsp3) is 0.462. The minimum Gasteiger partial charge on any atom is -0.507 e. The molecule has 1 amide bonds. The van der Waals surface area contributed by atoms with Crippen LogP contribution in [0, 0.1) is 9.49 Å². The lowest BCUT2D eigenvalue weighted by Crippen LogP contribution is -2.43. The van der Waals surface area contributed by atoms with Gasteiger partial charge < -0.3 is 10.0 Å². The Balaban J connectivity index is 2.19. The first-order chi connectivity index (χ1) is 8.49. The molecule has 1 N–H and O–H groups in total. The van der Waals surface area contributed by atoms with Crippen molar-refractivity contribution in [3.05, 3.63) is 27.3 Å². The number of nitrogens with zero attached hydrogens (tertiary/aromatic N) is 1. The van der Waals surface area contributed by atoms with Crippen molar-refractivity contribution in [3.8, 4) is 5.75 Å². The first kappa shape index (κ1) is 13.9. The Morgan fingerprint density at radius 3 is 2.94 bits per heavy atom. The smallest absolute Gasteiger partial charge is 0.257 e. The normalized spacial score (nSPS) is 24.1. The molecule has 0 saturated carbocycles. The average molecular weight is 380 g/mol. The molecular weight excluding hydrogens is 365 g/mol. The van der Waals surface area contributed by atoms with E-state index in [4.69, 9.17) is 11.6 Å². The molecular formula is C13H15ClINO2. The van der Waals surface area contributed by atoms with Gasteiger partial charge in [0.25, 0.3) is 5.91 Å². The van der Waals surface area contributed by atoms with Gasteiger partial charge in [0, 0.05) is 22.0 Å². The molecule has 3 nitrogen and oxygen atoms in total. The third-order valence-electron chi connectivity index (χ3n) is 3.28. The molecule has 2 rings (SSSR count). The number of halogens is 2. The highest BCUT2D eigenvalue weighted by atomic mass is 127. The van der Waals surface area contributed by atoms with Gasteiger partial charge in [-0.25, -0.2) is 0 Å². The molecule has 0 aromatic heterocycles. The lowest BCUT2D eigenvalue weighted by molar-refractivity contribution is 0.0684. The number of likely N-dealkylation sites (tertiary alicyclic amines) is 1. The number of benzene rings is 1. The van der Waals surface area contributed by atoms with Crippen molar-refractivity contribution in [1.29, 1.82) is 0 Å². The SMILES string of the molecule is CC1CN(C(=O)c2cc(I)ccc2O)CCC1Cl. The molecule has 0 radical (unpaired) electrons. The second-order valence-corrected chi connectivity index (χ2v) is 6.50. The Kier molecular flexibility index (Phi) is 4.37. The van der Waals surface area contributed by atoms with E-state index in [0.717, 1.165) is 9.99 Å². The van der Waals surface area contributed by atoms with Crippen LogP contribution in [0.1, 0.15) is 23.7 Å². The average Bonchev–Trinajstić information content (AvgIpc) is 2.35. The summed E-state index contributed by atoms with van der Waals surface area (Å²) in [5.41, 5.74) is 0.377. The molecule has 2 unspecified atom stereocenters. The van der Waals surface area contributed by atoms with E-state index in [1.165, 1.54) is 0 Å². The summed E-state index contributed by atoms with van der Waals surface area (Å²) in [7, 11) is 0. The van der Waals surface area contributed by atoms with Gasteiger partial charge in [-0.15, -0.1) is 11.6 Å². The van der Waals surface area contributed by atoms with Crippen LogP contribution in [0.15, 0.2) is 18.2 Å². The second-order valence-electron chi connectivity index (χ2n) is 4.69. The summed E-state index contributed by atoms with van der Waals surface area (Å²) in [6.45, 7) is 3.35. The molecule has 0 aliphatic carbocycles. The summed E-state index contributed by atoms with van der Waals surface area (Å²) in [5, 5.41) is 9.91. The molecule has 0 bridgehead atoms. The fourth-order valence-electron chi connectivity index (χ4n) is 2.15. The van der Waals surface area contributed by atoms with Crippen LogP contribution in [-0.2, 0) is 0 Å². The molecule has 18 heavy (non-hydrogen) atoms. The Hall–Kier alpha value is -0.490. The molecule has 1 saturated heterocycles. The summed E-state index contributed by atoms with van der Waals surface area (Å²) in [6.07, 6.45) is 0.805. The zero-order valence-corrected chi connectivity index (χ0v) is 13.0. The summed E-state index contributed by atoms with van der Waals surface area (Å²) in [5.74, 6) is 0.219. The Morgan fingerprint density at radius 2 is 2.28 bits per heavy atom. The van der Waals surface area contributed by atoms with Gasteiger partial charge in [-0.1, -0.05) is 6.92 Å². The van der Waals surface area contributed by atoms with E-state index in [2.05, 4.69) is 22.6 Å². The minimum atomic E-state index is -0.110. The molecule has 1 aromatic rings. The lowest BCUT2D eigenvalue weighted by atomic mass is 9.98. The monoisotopic (exact) mass is 379 g/mol. The third kappa shape index (κ3) is 2.91. The molecule has 1 fully saturated rings. The highest BCUT2D eigenvalue weighted by molar-refractivity contribution is 14.1. The van der Waals surface area contributed by atoms with Crippen LogP contribution in [0.3, 0.4) is 0 Å². The van der Waals surface area contributed by atoms with E-state index in [0.29, 0.717) is 18.7 Å². The second kappa shape index (κ2) is 5.65. The van der Waals surface area contributed by atoms with E-state index in [1.54, 1.807) is 23.1 Å². The van der Waals surface area contributed by atoms with Crippen LogP contribution < -0.4 is 0 Å². The first-order valence-electron chi connectivity index (χ1n) is 5.91. The number of phenolic OH excluding ortho intramolecular Hbond substituents is 1.